The summed E-state index contributed by atoms with van der Waals surface area (Å²) in [6, 6.07) is 9.21. The monoisotopic (exact) mass is 429 g/mol. The zero-order valence-electron chi connectivity index (χ0n) is 17.9. The molecule has 0 saturated carbocycles. The minimum Gasteiger partial charge on any atom is -0.444 e. The number of hydrogen-bond acceptors (Lipinski definition) is 5. The first-order valence-corrected chi connectivity index (χ1v) is 11.9. The molecule has 2 amide bonds. The van der Waals surface area contributed by atoms with Crippen LogP contribution in [0.2, 0.25) is 0 Å². The van der Waals surface area contributed by atoms with E-state index >= 15 is 0 Å². The molecule has 5 aliphatic rings. The summed E-state index contributed by atoms with van der Waals surface area (Å²) in [5.41, 5.74) is 1.80. The van der Waals surface area contributed by atoms with Gasteiger partial charge in [0.15, 0.2) is 0 Å². The van der Waals surface area contributed by atoms with Crippen LogP contribution in [-0.2, 0) is 19.7 Å². The predicted molar refractivity (Wildman–Crippen MR) is 119 cm³/mol. The number of benzene rings is 1. The van der Waals surface area contributed by atoms with Crippen LogP contribution in [0.4, 0.5) is 10.5 Å². The minimum absolute atomic E-state index is 0. The molecule has 4 saturated heterocycles. The quantitative estimate of drug-likeness (QED) is 0.780. The summed E-state index contributed by atoms with van der Waals surface area (Å²) < 4.78 is 11.1. The highest BCUT2D eigenvalue weighted by atomic mass is 16.6. The number of ether oxygens (including phenoxy) is 2. The molecule has 2 unspecified atom stereocenters. The second kappa shape index (κ2) is 7.48. The zero-order chi connectivity index (χ0) is 21.0. The molecule has 4 fully saturated rings. The maximum Gasteiger partial charge on any atom is 0.410 e. The normalized spacial score (nSPS) is 34.1. The molecular weight excluding hydrogens is 394 g/mol. The molecule has 1 N–H and O–H groups in total. The molecule has 170 valence electrons. The van der Waals surface area contributed by atoms with Crippen LogP contribution in [0.25, 0.3) is 0 Å². The smallest absolute Gasteiger partial charge is 0.410 e. The SMILES string of the molecule is O=C(O[C@@H]1CCOC1)N1C2CCC1CC(N1CCC3(CC1)C(=O)Nc1ccccc13)C2.[HH].[HH]. The highest BCUT2D eigenvalue weighted by Crippen LogP contribution is 2.46. The molecule has 2 bridgehead atoms. The lowest BCUT2D eigenvalue weighted by Crippen LogP contribution is -2.56. The maximum atomic E-state index is 12.9. The Bertz CT molecular complexity index is 872. The Balaban J connectivity index is 0.00000130. The molecule has 5 aliphatic heterocycles. The van der Waals surface area contributed by atoms with Crippen molar-refractivity contribution >= 4 is 17.7 Å². The number of nitrogens with one attached hydrogen (secondary N) is 1. The third-order valence-corrected chi connectivity index (χ3v) is 8.37. The van der Waals surface area contributed by atoms with Gasteiger partial charge < -0.3 is 24.6 Å². The van der Waals surface area contributed by atoms with Crippen LogP contribution in [0.5, 0.6) is 0 Å². The number of anilines is 1. The molecule has 31 heavy (non-hydrogen) atoms. The Morgan fingerprint density at radius 3 is 2.55 bits per heavy atom. The molecule has 1 aromatic carbocycles. The van der Waals surface area contributed by atoms with Gasteiger partial charge in [-0.15, -0.1) is 0 Å². The van der Waals surface area contributed by atoms with Crippen molar-refractivity contribution in [3.8, 4) is 0 Å². The van der Waals surface area contributed by atoms with Gasteiger partial charge in [0.25, 0.3) is 0 Å². The van der Waals surface area contributed by atoms with Gasteiger partial charge in [0.05, 0.1) is 18.6 Å². The van der Waals surface area contributed by atoms with Crippen molar-refractivity contribution < 1.29 is 21.9 Å². The molecule has 6 rings (SSSR count). The van der Waals surface area contributed by atoms with Gasteiger partial charge >= 0.3 is 6.09 Å². The fraction of sp³-hybridized carbons (Fsp3) is 0.667. The van der Waals surface area contributed by atoms with E-state index < -0.39 is 0 Å². The molecule has 0 radical (unpaired) electrons. The van der Waals surface area contributed by atoms with Crippen molar-refractivity contribution in [3.05, 3.63) is 29.8 Å². The van der Waals surface area contributed by atoms with E-state index in [-0.39, 0.29) is 38.5 Å². The van der Waals surface area contributed by atoms with Crippen molar-refractivity contribution in [2.45, 2.75) is 74.6 Å². The first-order chi connectivity index (χ1) is 15.1. The number of amides is 2. The molecular formula is C24H35N3O4. The molecule has 1 spiro atoms. The maximum absolute atomic E-state index is 12.9. The molecule has 0 aromatic heterocycles. The molecule has 7 heteroatoms. The van der Waals surface area contributed by atoms with Crippen LogP contribution in [0.1, 0.15) is 53.4 Å². The largest absolute Gasteiger partial charge is 0.444 e. The third kappa shape index (κ3) is 3.16. The second-order valence-electron chi connectivity index (χ2n) is 9.90. The van der Waals surface area contributed by atoms with Gasteiger partial charge in [-0.3, -0.25) is 4.79 Å². The average Bonchev–Trinajstić information content (AvgIpc) is 3.46. The average molecular weight is 430 g/mol. The van der Waals surface area contributed by atoms with E-state index in [0.29, 0.717) is 19.3 Å². The van der Waals surface area contributed by atoms with E-state index in [2.05, 4.69) is 16.3 Å². The number of fused-ring (bicyclic) bond motifs is 4. The predicted octanol–water partition coefficient (Wildman–Crippen LogP) is 3.39. The van der Waals surface area contributed by atoms with Gasteiger partial charge in [0, 0.05) is 33.1 Å². The van der Waals surface area contributed by atoms with Crippen LogP contribution in [0, 0.1) is 0 Å². The minimum atomic E-state index is -0.361. The van der Waals surface area contributed by atoms with Gasteiger partial charge in [0.2, 0.25) is 5.91 Å². The standard InChI is InChI=1S/C24H31N3O4.2H2/c28-22-24(20-3-1-2-4-21(20)25-22)8-10-26(11-9-24)18-13-16-5-6-17(14-18)27(16)23(29)31-19-7-12-30-15-19;;/h1-4,16-19H,5-15H2,(H,25,28);2*1H/t16?,17?,18?,19-;;/m1../s1. The van der Waals surface area contributed by atoms with Gasteiger partial charge in [-0.05, 0) is 63.2 Å². The van der Waals surface area contributed by atoms with Crippen molar-refractivity contribution in [2.24, 2.45) is 0 Å². The Morgan fingerprint density at radius 1 is 1.10 bits per heavy atom. The number of nitrogens with zero attached hydrogens (tertiary/aromatic N) is 2. The lowest BCUT2D eigenvalue weighted by atomic mass is 9.73. The number of carbonyl (C=O) groups is 2. The number of piperidine rings is 2. The Morgan fingerprint density at radius 2 is 1.84 bits per heavy atom. The first-order valence-electron chi connectivity index (χ1n) is 11.9. The lowest BCUT2D eigenvalue weighted by Gasteiger charge is -2.46. The van der Waals surface area contributed by atoms with E-state index in [0.717, 1.165) is 63.7 Å². The molecule has 1 aromatic rings. The Kier molecular flexibility index (Phi) is 4.72. The van der Waals surface area contributed by atoms with E-state index in [1.807, 2.05) is 23.1 Å². The summed E-state index contributed by atoms with van der Waals surface area (Å²) in [6.07, 6.45) is 6.51. The second-order valence-corrected chi connectivity index (χ2v) is 9.90. The number of para-hydroxylation sites is 1. The number of likely N-dealkylation sites (tertiary alicyclic amines) is 1. The van der Waals surface area contributed by atoms with E-state index in [1.54, 1.807) is 0 Å². The van der Waals surface area contributed by atoms with Gasteiger partial charge in [-0.25, -0.2) is 4.79 Å². The summed E-state index contributed by atoms with van der Waals surface area (Å²) in [6.45, 7) is 3.10. The van der Waals surface area contributed by atoms with Gasteiger partial charge in [-0.2, -0.15) is 0 Å². The first kappa shape index (κ1) is 19.6. The van der Waals surface area contributed by atoms with Gasteiger partial charge in [0.1, 0.15) is 6.10 Å². The number of carbonyl (C=O) groups excluding carboxylic acids is 2. The van der Waals surface area contributed by atoms with E-state index in [9.17, 15) is 9.59 Å². The summed E-state index contributed by atoms with van der Waals surface area (Å²) in [5.74, 6) is 0.168. The topological polar surface area (TPSA) is 71.1 Å². The lowest BCUT2D eigenvalue weighted by molar-refractivity contribution is -0.123. The van der Waals surface area contributed by atoms with Crippen LogP contribution in [0.3, 0.4) is 0 Å². The van der Waals surface area contributed by atoms with Crippen molar-refractivity contribution in [2.75, 3.05) is 31.6 Å². The Hall–Kier alpha value is -2.12. The zero-order valence-corrected chi connectivity index (χ0v) is 17.9. The van der Waals surface area contributed by atoms with Gasteiger partial charge in [-0.1, -0.05) is 18.2 Å². The van der Waals surface area contributed by atoms with Crippen LogP contribution in [-0.4, -0.2) is 72.3 Å². The van der Waals surface area contributed by atoms with Crippen LogP contribution >= 0.6 is 0 Å². The summed E-state index contributed by atoms with van der Waals surface area (Å²) in [5, 5.41) is 3.10. The fourth-order valence-corrected chi connectivity index (χ4v) is 6.69. The molecule has 0 aliphatic carbocycles. The van der Waals surface area contributed by atoms with Crippen LogP contribution < -0.4 is 5.32 Å². The highest BCUT2D eigenvalue weighted by molar-refractivity contribution is 6.06. The summed E-state index contributed by atoms with van der Waals surface area (Å²) in [7, 11) is 0. The third-order valence-electron chi connectivity index (χ3n) is 8.37. The number of rotatable bonds is 2. The van der Waals surface area contributed by atoms with Crippen molar-refractivity contribution in [3.63, 3.8) is 0 Å². The molecule has 7 nitrogen and oxygen atoms in total. The fourth-order valence-electron chi connectivity index (χ4n) is 6.69. The van der Waals surface area contributed by atoms with E-state index in [4.69, 9.17) is 9.47 Å². The summed E-state index contributed by atoms with van der Waals surface area (Å²) >= 11 is 0. The molecule has 5 heterocycles. The Labute approximate surface area is 186 Å². The summed E-state index contributed by atoms with van der Waals surface area (Å²) in [4.78, 5) is 30.3. The van der Waals surface area contributed by atoms with Crippen molar-refractivity contribution in [1.82, 2.24) is 9.80 Å². The number of hydrogen-bond donors (Lipinski definition) is 1. The highest BCUT2D eigenvalue weighted by Gasteiger charge is 2.51. The van der Waals surface area contributed by atoms with Crippen molar-refractivity contribution in [1.29, 1.82) is 0 Å². The van der Waals surface area contributed by atoms with E-state index in [1.165, 1.54) is 5.56 Å². The molecule has 3 atom stereocenters. The van der Waals surface area contributed by atoms with Crippen LogP contribution in [0.15, 0.2) is 24.3 Å².